The number of carbonyl (C=O) groups is 1. The molecule has 1 amide bonds. The number of aromatic nitrogens is 3. The van der Waals surface area contributed by atoms with Crippen LogP contribution in [0, 0.1) is 0 Å². The molecule has 5 nitrogen and oxygen atoms in total. The summed E-state index contributed by atoms with van der Waals surface area (Å²) in [5, 5.41) is 0. The van der Waals surface area contributed by atoms with E-state index in [0.29, 0.717) is 0 Å². The third-order valence-corrected chi connectivity index (χ3v) is 2.72. The van der Waals surface area contributed by atoms with Gasteiger partial charge in [-0.15, -0.1) is 0 Å². The third-order valence-electron chi connectivity index (χ3n) is 2.72. The molecule has 0 saturated heterocycles. The Balaban J connectivity index is 2.34. The molecule has 0 saturated carbocycles. The van der Waals surface area contributed by atoms with Crippen LogP contribution in [0.5, 0.6) is 0 Å². The summed E-state index contributed by atoms with van der Waals surface area (Å²) in [6.45, 7) is 0. The number of nitrogens with zero attached hydrogens (tertiary/aromatic N) is 3. The number of fused-ring (bicyclic) bond motifs is 1. The topological polar surface area (TPSA) is 73.3 Å². The number of nitrogens with two attached hydrogens (primary N) is 1. The Morgan fingerprint density at radius 3 is 2.67 bits per heavy atom. The Morgan fingerprint density at radius 1 is 1.17 bits per heavy atom. The van der Waals surface area contributed by atoms with Crippen molar-refractivity contribution in [3.05, 3.63) is 54.7 Å². The highest BCUT2D eigenvalue weighted by atomic mass is 16.1. The quantitative estimate of drug-likeness (QED) is 0.735. The maximum atomic E-state index is 11.4. The van der Waals surface area contributed by atoms with Gasteiger partial charge in [0.1, 0.15) is 0 Å². The summed E-state index contributed by atoms with van der Waals surface area (Å²) in [5.41, 5.74) is 7.81. The minimum absolute atomic E-state index is 0.234. The van der Waals surface area contributed by atoms with Gasteiger partial charge >= 0.3 is 0 Å². The summed E-state index contributed by atoms with van der Waals surface area (Å²) >= 11 is 0. The normalized spacial score (nSPS) is 10.7. The van der Waals surface area contributed by atoms with Crippen LogP contribution in [0.2, 0.25) is 0 Å². The Hall–Kier alpha value is -2.69. The van der Waals surface area contributed by atoms with E-state index in [1.165, 1.54) is 0 Å². The van der Waals surface area contributed by atoms with E-state index in [0.717, 1.165) is 16.8 Å². The first kappa shape index (κ1) is 10.5. The van der Waals surface area contributed by atoms with Crippen molar-refractivity contribution in [1.29, 1.82) is 0 Å². The van der Waals surface area contributed by atoms with Crippen LogP contribution in [-0.4, -0.2) is 20.3 Å². The number of carbonyl (C=O) groups excluding carboxylic acids is 1. The van der Waals surface area contributed by atoms with Crippen LogP contribution in [-0.2, 0) is 0 Å². The average molecular weight is 238 g/mol. The highest BCUT2D eigenvalue weighted by Crippen LogP contribution is 2.23. The SMILES string of the molecule is NC(=O)c1nc(-c2ccncc2)c2ccccn12. The lowest BCUT2D eigenvalue weighted by molar-refractivity contribution is 0.0990. The molecule has 18 heavy (non-hydrogen) atoms. The van der Waals surface area contributed by atoms with Crippen molar-refractivity contribution < 1.29 is 4.79 Å². The van der Waals surface area contributed by atoms with Crippen molar-refractivity contribution >= 4 is 11.4 Å². The molecule has 3 aromatic rings. The standard InChI is InChI=1S/C13H10N4O/c14-12(18)13-16-11(9-4-6-15-7-5-9)10-3-1-2-8-17(10)13/h1-8H,(H2,14,18). The molecule has 88 valence electrons. The molecule has 3 heterocycles. The number of amides is 1. The van der Waals surface area contributed by atoms with E-state index in [2.05, 4.69) is 9.97 Å². The number of imidazole rings is 1. The van der Waals surface area contributed by atoms with Gasteiger partial charge in [0, 0.05) is 24.2 Å². The van der Waals surface area contributed by atoms with Crippen molar-refractivity contribution in [2.45, 2.75) is 0 Å². The van der Waals surface area contributed by atoms with Crippen LogP contribution in [0.1, 0.15) is 10.6 Å². The molecule has 0 aliphatic heterocycles. The number of pyridine rings is 2. The summed E-state index contributed by atoms with van der Waals surface area (Å²) in [4.78, 5) is 19.7. The second-order valence-corrected chi connectivity index (χ2v) is 3.84. The summed E-state index contributed by atoms with van der Waals surface area (Å²) in [7, 11) is 0. The van der Waals surface area contributed by atoms with Gasteiger partial charge in [0.2, 0.25) is 5.82 Å². The van der Waals surface area contributed by atoms with E-state index in [-0.39, 0.29) is 5.82 Å². The minimum Gasteiger partial charge on any atom is -0.363 e. The lowest BCUT2D eigenvalue weighted by Crippen LogP contribution is -2.14. The van der Waals surface area contributed by atoms with Crippen molar-refractivity contribution in [1.82, 2.24) is 14.4 Å². The monoisotopic (exact) mass is 238 g/mol. The predicted octanol–water partition coefficient (Wildman–Crippen LogP) is 1.50. The molecule has 0 unspecified atom stereocenters. The zero-order valence-corrected chi connectivity index (χ0v) is 9.45. The lowest BCUT2D eigenvalue weighted by Gasteiger charge is -1.97. The fourth-order valence-corrected chi connectivity index (χ4v) is 1.93. The number of primary amides is 1. The van der Waals surface area contributed by atoms with Crippen LogP contribution < -0.4 is 5.73 Å². The molecule has 0 aliphatic rings. The van der Waals surface area contributed by atoms with Crippen LogP contribution >= 0.6 is 0 Å². The molecule has 0 spiro atoms. The van der Waals surface area contributed by atoms with Crippen LogP contribution in [0.15, 0.2) is 48.9 Å². The van der Waals surface area contributed by atoms with E-state index in [1.54, 1.807) is 23.0 Å². The highest BCUT2D eigenvalue weighted by molar-refractivity contribution is 5.93. The Morgan fingerprint density at radius 2 is 1.94 bits per heavy atom. The fourth-order valence-electron chi connectivity index (χ4n) is 1.93. The molecule has 0 aliphatic carbocycles. The van der Waals surface area contributed by atoms with Gasteiger partial charge in [0.25, 0.3) is 5.91 Å². The van der Waals surface area contributed by atoms with Gasteiger partial charge in [0.15, 0.2) is 0 Å². The van der Waals surface area contributed by atoms with E-state index < -0.39 is 5.91 Å². The van der Waals surface area contributed by atoms with Gasteiger partial charge in [-0.3, -0.25) is 14.2 Å². The van der Waals surface area contributed by atoms with Gasteiger partial charge in [-0.2, -0.15) is 0 Å². The Bertz CT molecular complexity index is 718. The fraction of sp³-hybridized carbons (Fsp3) is 0. The number of hydrogen-bond acceptors (Lipinski definition) is 3. The van der Waals surface area contributed by atoms with Crippen molar-refractivity contribution in [3.8, 4) is 11.3 Å². The average Bonchev–Trinajstić information content (AvgIpc) is 2.79. The Labute approximate surface area is 103 Å². The van der Waals surface area contributed by atoms with Crippen molar-refractivity contribution in [3.63, 3.8) is 0 Å². The van der Waals surface area contributed by atoms with Crippen LogP contribution in [0.25, 0.3) is 16.8 Å². The second-order valence-electron chi connectivity index (χ2n) is 3.84. The van der Waals surface area contributed by atoms with E-state index >= 15 is 0 Å². The summed E-state index contributed by atoms with van der Waals surface area (Å²) in [6.07, 6.45) is 5.15. The molecule has 0 aromatic carbocycles. The van der Waals surface area contributed by atoms with Gasteiger partial charge in [-0.1, -0.05) is 6.07 Å². The highest BCUT2D eigenvalue weighted by Gasteiger charge is 2.15. The zero-order valence-electron chi connectivity index (χ0n) is 9.45. The summed E-state index contributed by atoms with van der Waals surface area (Å²) in [6, 6.07) is 9.32. The molecule has 3 aromatic heterocycles. The maximum absolute atomic E-state index is 11.4. The Kier molecular flexibility index (Phi) is 2.30. The first-order valence-corrected chi connectivity index (χ1v) is 5.44. The first-order chi connectivity index (χ1) is 8.77. The van der Waals surface area contributed by atoms with Gasteiger partial charge < -0.3 is 5.73 Å². The predicted molar refractivity (Wildman–Crippen MR) is 66.9 cm³/mol. The molecule has 0 fully saturated rings. The molecule has 2 N–H and O–H groups in total. The van der Waals surface area contributed by atoms with Crippen molar-refractivity contribution in [2.24, 2.45) is 5.73 Å². The van der Waals surface area contributed by atoms with Crippen LogP contribution in [0.3, 0.4) is 0 Å². The number of hydrogen-bond donors (Lipinski definition) is 1. The number of rotatable bonds is 2. The van der Waals surface area contributed by atoms with Gasteiger partial charge in [-0.25, -0.2) is 4.98 Å². The zero-order chi connectivity index (χ0) is 12.5. The van der Waals surface area contributed by atoms with Gasteiger partial charge in [-0.05, 0) is 24.3 Å². The van der Waals surface area contributed by atoms with E-state index in [4.69, 9.17) is 5.73 Å². The second kappa shape index (κ2) is 3.96. The molecule has 0 radical (unpaired) electrons. The molecule has 0 atom stereocenters. The van der Waals surface area contributed by atoms with E-state index in [1.807, 2.05) is 30.3 Å². The largest absolute Gasteiger partial charge is 0.363 e. The lowest BCUT2D eigenvalue weighted by atomic mass is 10.2. The molecular formula is C13H10N4O. The summed E-state index contributed by atoms with van der Waals surface area (Å²) in [5.74, 6) is -0.311. The minimum atomic E-state index is -0.545. The first-order valence-electron chi connectivity index (χ1n) is 5.44. The van der Waals surface area contributed by atoms with Crippen molar-refractivity contribution in [2.75, 3.05) is 0 Å². The molecule has 3 rings (SSSR count). The third kappa shape index (κ3) is 1.53. The molecule has 5 heteroatoms. The maximum Gasteiger partial charge on any atom is 0.285 e. The molecular weight excluding hydrogens is 228 g/mol. The van der Waals surface area contributed by atoms with E-state index in [9.17, 15) is 4.79 Å². The molecule has 0 bridgehead atoms. The van der Waals surface area contributed by atoms with Crippen LogP contribution in [0.4, 0.5) is 0 Å². The smallest absolute Gasteiger partial charge is 0.285 e. The summed E-state index contributed by atoms with van der Waals surface area (Å²) < 4.78 is 1.69. The van der Waals surface area contributed by atoms with Gasteiger partial charge in [0.05, 0.1) is 11.2 Å².